The molecule has 0 spiro atoms. The molecule has 0 aliphatic carbocycles. The molecule has 28 heteroatoms. The van der Waals surface area contributed by atoms with Gasteiger partial charge in [-0.2, -0.15) is 43.9 Å². The molecular formula is C34H27N10O14S4. The highest BCUT2D eigenvalue weighted by molar-refractivity contribution is 7.86. The second-order valence-corrected chi connectivity index (χ2v) is 18.1. The first kappa shape index (κ1) is 44.4. The van der Waals surface area contributed by atoms with Crippen LogP contribution in [0.1, 0.15) is 0 Å². The zero-order valence-electron chi connectivity index (χ0n) is 30.6. The third-order valence-corrected chi connectivity index (χ3v) is 11.7. The van der Waals surface area contributed by atoms with Gasteiger partial charge in [0.05, 0.1) is 44.4 Å². The molecule has 62 heavy (non-hydrogen) atoms. The fourth-order valence-electron chi connectivity index (χ4n) is 5.42. The number of rotatable bonds is 13. The average molecular weight is 928 g/mol. The molecule has 0 aliphatic rings. The molecule has 1 radical (unpaired) electrons. The number of phenols is 2. The molecule has 11 N–H and O–H groups in total. The molecule has 0 atom stereocenters. The second-order valence-electron chi connectivity index (χ2n) is 12.5. The molecule has 0 saturated heterocycles. The smallest absolute Gasteiger partial charge is 0.296 e. The topological polar surface area (TPSA) is 410 Å². The van der Waals surface area contributed by atoms with Gasteiger partial charge >= 0.3 is 0 Å². The molecule has 0 aliphatic heterocycles. The molecule has 0 bridgehead atoms. The minimum atomic E-state index is -5.29. The van der Waals surface area contributed by atoms with Crippen molar-refractivity contribution < 1.29 is 62.1 Å². The van der Waals surface area contributed by atoms with E-state index in [1.165, 1.54) is 54.6 Å². The van der Waals surface area contributed by atoms with Gasteiger partial charge in [0.25, 0.3) is 40.5 Å². The number of fused-ring (bicyclic) bond motifs is 1. The first-order valence-electron chi connectivity index (χ1n) is 16.6. The van der Waals surface area contributed by atoms with E-state index in [1.54, 1.807) is 0 Å². The Bertz CT molecular complexity index is 3330. The lowest BCUT2D eigenvalue weighted by atomic mass is 10.1. The summed E-state index contributed by atoms with van der Waals surface area (Å²) in [6, 6.07) is 18.6. The highest BCUT2D eigenvalue weighted by Gasteiger charge is 2.28. The predicted molar refractivity (Wildman–Crippen MR) is 219 cm³/mol. The third-order valence-electron chi connectivity index (χ3n) is 8.25. The van der Waals surface area contributed by atoms with Gasteiger partial charge in [-0.3, -0.25) is 18.2 Å². The van der Waals surface area contributed by atoms with Crippen LogP contribution in [0.2, 0.25) is 0 Å². The molecular weight excluding hydrogens is 901 g/mol. The SMILES string of the molecule is Nc1cc(O)ccc1N=Nc1ccc(Nc2ccc(N=Nc3c(S(=O)(=O)O)cc4cc(S(=O)(=O)O)c(N=N[N]c5ccc(S(=O)(=O)O)cc5)c(O)c4c3N)cc2S(=O)(=O)O)cc1. The Kier molecular flexibility index (Phi) is 12.0. The van der Waals surface area contributed by atoms with Crippen molar-refractivity contribution in [3.63, 3.8) is 0 Å². The van der Waals surface area contributed by atoms with Crippen molar-refractivity contribution in [3.05, 3.63) is 97.1 Å². The highest BCUT2D eigenvalue weighted by atomic mass is 32.2. The Morgan fingerprint density at radius 2 is 1.08 bits per heavy atom. The van der Waals surface area contributed by atoms with Crippen LogP contribution in [0.4, 0.5) is 56.9 Å². The van der Waals surface area contributed by atoms with Crippen LogP contribution in [0.3, 0.4) is 0 Å². The van der Waals surface area contributed by atoms with Crippen molar-refractivity contribution in [1.29, 1.82) is 0 Å². The third kappa shape index (κ3) is 10.0. The van der Waals surface area contributed by atoms with Crippen molar-refractivity contribution in [2.24, 2.45) is 30.8 Å². The van der Waals surface area contributed by atoms with E-state index in [4.69, 9.17) is 16.0 Å². The zero-order chi connectivity index (χ0) is 45.4. The van der Waals surface area contributed by atoms with Crippen molar-refractivity contribution in [3.8, 4) is 11.5 Å². The molecule has 6 aromatic carbocycles. The number of anilines is 4. The first-order valence-corrected chi connectivity index (χ1v) is 22.3. The maximum Gasteiger partial charge on any atom is 0.296 e. The lowest BCUT2D eigenvalue weighted by Gasteiger charge is -2.14. The van der Waals surface area contributed by atoms with Gasteiger partial charge in [0.1, 0.15) is 31.8 Å². The van der Waals surface area contributed by atoms with Gasteiger partial charge in [-0.15, -0.1) is 20.8 Å². The van der Waals surface area contributed by atoms with E-state index >= 15 is 0 Å². The lowest BCUT2D eigenvalue weighted by Crippen LogP contribution is -2.04. The summed E-state index contributed by atoms with van der Waals surface area (Å²) in [6.45, 7) is 0. The second kappa shape index (κ2) is 16.7. The van der Waals surface area contributed by atoms with Gasteiger partial charge in [-0.25, -0.2) is 0 Å². The highest BCUT2D eigenvalue weighted by Crippen LogP contribution is 2.48. The molecule has 0 heterocycles. The number of aromatic hydroxyl groups is 2. The predicted octanol–water partition coefficient (Wildman–Crippen LogP) is 6.91. The fourth-order valence-corrected chi connectivity index (χ4v) is 7.89. The molecule has 0 aromatic heterocycles. The van der Waals surface area contributed by atoms with Crippen LogP contribution in [0, 0.1) is 0 Å². The summed E-state index contributed by atoms with van der Waals surface area (Å²) < 4.78 is 137. The van der Waals surface area contributed by atoms with E-state index in [1.807, 2.05) is 0 Å². The van der Waals surface area contributed by atoms with Crippen LogP contribution in [0.5, 0.6) is 11.5 Å². The number of hydrogen-bond donors (Lipinski definition) is 9. The van der Waals surface area contributed by atoms with Crippen LogP contribution >= 0.6 is 0 Å². The van der Waals surface area contributed by atoms with Crippen LogP contribution in [0.15, 0.2) is 147 Å². The summed E-state index contributed by atoms with van der Waals surface area (Å²) in [7, 11) is -20.1. The average Bonchev–Trinajstić information content (AvgIpc) is 3.17. The maximum atomic E-state index is 12.5. The number of hydrogen-bond acceptors (Lipinski definition) is 19. The molecule has 24 nitrogen and oxygen atoms in total. The van der Waals surface area contributed by atoms with Gasteiger partial charge in [0.2, 0.25) is 0 Å². The molecule has 0 saturated carbocycles. The number of phenolic OH excluding ortho intramolecular Hbond substituents is 2. The molecule has 321 valence electrons. The Labute approximate surface area is 350 Å². The molecule has 6 aromatic rings. The number of nitrogens with zero attached hydrogens (tertiary/aromatic N) is 7. The standard InChI is InChI=1S/C34H27N10O14S4/c35-24-16-22(45)8-12-25(24)41-38-19-3-1-18(2-4-19)37-26-11-7-21(15-27(26)60(50,51)52)39-42-32-28(61(53,54)55)13-17-14-29(62(56,57)58)33(34(46)30(17)31(32)36)43-44-40-20-5-9-23(10-6-20)59(47,48)49/h1-16,37,45-46H,35-36H2,(H,47,48,49)(H,50,51,52)(H,53,54,55)(H,56,57,58). The van der Waals surface area contributed by atoms with E-state index in [9.17, 15) is 57.5 Å². The summed E-state index contributed by atoms with van der Waals surface area (Å²) in [6.07, 6.45) is 0. The van der Waals surface area contributed by atoms with Crippen molar-refractivity contribution >= 4 is 108 Å². The van der Waals surface area contributed by atoms with Gasteiger partial charge in [-0.05, 0) is 102 Å². The quantitative estimate of drug-likeness (QED) is 0.0246. The first-order chi connectivity index (χ1) is 28.9. The van der Waals surface area contributed by atoms with E-state index in [-0.39, 0.29) is 28.5 Å². The number of azo groups is 2. The Morgan fingerprint density at radius 1 is 0.516 bits per heavy atom. The summed E-state index contributed by atoms with van der Waals surface area (Å²) in [5.41, 5.74) is 13.6. The van der Waals surface area contributed by atoms with Crippen molar-refractivity contribution in [2.45, 2.75) is 19.6 Å². The number of nitrogens with two attached hydrogens (primary N) is 2. The number of nitrogen functional groups attached to an aromatic ring is 2. The number of nitrogens with one attached hydrogen (secondary N) is 1. The Hall–Kier alpha value is -7.18. The Morgan fingerprint density at radius 3 is 1.66 bits per heavy atom. The largest absolute Gasteiger partial charge is 0.508 e. The summed E-state index contributed by atoms with van der Waals surface area (Å²) in [4.78, 5) is -3.45. The monoisotopic (exact) mass is 927 g/mol. The molecule has 6 rings (SSSR count). The molecule has 0 fully saturated rings. The van der Waals surface area contributed by atoms with Crippen LogP contribution < -0.4 is 22.2 Å². The van der Waals surface area contributed by atoms with E-state index in [2.05, 4.69) is 41.5 Å². The maximum absolute atomic E-state index is 12.5. The van der Waals surface area contributed by atoms with E-state index in [0.717, 1.165) is 30.3 Å². The molecule has 0 amide bonds. The zero-order valence-corrected chi connectivity index (χ0v) is 33.9. The van der Waals surface area contributed by atoms with Crippen LogP contribution in [-0.2, 0) is 40.5 Å². The van der Waals surface area contributed by atoms with Crippen LogP contribution in [0.25, 0.3) is 10.8 Å². The minimum absolute atomic E-state index is 0.0548. The number of benzene rings is 6. The van der Waals surface area contributed by atoms with Gasteiger partial charge in [0.15, 0.2) is 11.4 Å². The van der Waals surface area contributed by atoms with Crippen LogP contribution in [-0.4, -0.2) is 62.1 Å². The van der Waals surface area contributed by atoms with E-state index in [0.29, 0.717) is 29.2 Å². The minimum Gasteiger partial charge on any atom is -0.508 e. The van der Waals surface area contributed by atoms with Crippen molar-refractivity contribution in [2.75, 3.05) is 16.8 Å². The lowest BCUT2D eigenvalue weighted by molar-refractivity contribution is 0.471. The Balaban J connectivity index is 1.35. The van der Waals surface area contributed by atoms with Crippen molar-refractivity contribution in [1.82, 2.24) is 5.43 Å². The fraction of sp³-hybridized carbons (Fsp3) is 0. The van der Waals surface area contributed by atoms with E-state index < -0.39 is 93.6 Å². The normalized spacial score (nSPS) is 12.8. The van der Waals surface area contributed by atoms with Gasteiger partial charge in [-0.1, -0.05) is 0 Å². The summed E-state index contributed by atoms with van der Waals surface area (Å²) >= 11 is 0. The van der Waals surface area contributed by atoms with Gasteiger partial charge in [0, 0.05) is 11.8 Å². The van der Waals surface area contributed by atoms with Gasteiger partial charge < -0.3 is 27.0 Å². The summed E-state index contributed by atoms with van der Waals surface area (Å²) in [5, 5.41) is 45.1. The summed E-state index contributed by atoms with van der Waals surface area (Å²) in [5.74, 6) is -1.19. The molecule has 0 unspecified atom stereocenters.